The topological polar surface area (TPSA) is 129 Å². The summed E-state index contributed by atoms with van der Waals surface area (Å²) in [7, 11) is 1.28. The molecule has 0 unspecified atom stereocenters. The summed E-state index contributed by atoms with van der Waals surface area (Å²) in [5.41, 5.74) is 1.73. The second kappa shape index (κ2) is 9.63. The summed E-state index contributed by atoms with van der Waals surface area (Å²) in [5, 5.41) is 19.1. The number of rotatable bonds is 6. The highest BCUT2D eigenvalue weighted by molar-refractivity contribution is 7.99. The standard InChI is InChI=1S/C21H20N4O6S2/c1-12(26)24-9-8-14-15(10-24)33-18(17(14)20(28)30-2)22-16(27)11-32-19-21(29)31-23-25(19)13-6-4-3-5-7-13/h3-7H,8-11H2,1-2H3,(H-,22,23,27,28,29). The van der Waals surface area contributed by atoms with Crippen molar-refractivity contribution in [2.75, 3.05) is 24.7 Å². The summed E-state index contributed by atoms with van der Waals surface area (Å²) in [5.74, 6) is -1.76. The molecule has 0 saturated carbocycles. The number of fused-ring (bicyclic) bond motifs is 1. The molecule has 1 aromatic carbocycles. The van der Waals surface area contributed by atoms with E-state index in [1.807, 2.05) is 6.07 Å². The minimum Gasteiger partial charge on any atom is -0.538 e. The van der Waals surface area contributed by atoms with Crippen molar-refractivity contribution >= 4 is 45.9 Å². The number of nitrogens with one attached hydrogen (secondary N) is 1. The Balaban J connectivity index is 1.51. The van der Waals surface area contributed by atoms with Crippen molar-refractivity contribution in [2.45, 2.75) is 24.9 Å². The van der Waals surface area contributed by atoms with E-state index in [9.17, 15) is 19.5 Å². The third-order valence-corrected chi connectivity index (χ3v) is 7.21. The number of aromatic nitrogens is 2. The van der Waals surface area contributed by atoms with Crippen LogP contribution in [0.1, 0.15) is 27.7 Å². The molecule has 3 heterocycles. The fraction of sp³-hybridized carbons (Fsp3) is 0.286. The average molecular weight is 489 g/mol. The maximum atomic E-state index is 12.7. The molecule has 0 fully saturated rings. The van der Waals surface area contributed by atoms with Crippen molar-refractivity contribution in [3.63, 3.8) is 0 Å². The van der Waals surface area contributed by atoms with Crippen LogP contribution in [-0.2, 0) is 27.3 Å². The summed E-state index contributed by atoms with van der Waals surface area (Å²) >= 11 is 2.23. The Morgan fingerprint density at radius 2 is 2.09 bits per heavy atom. The number of nitrogens with zero attached hydrogens (tertiary/aromatic N) is 3. The lowest BCUT2D eigenvalue weighted by atomic mass is 10.0. The molecule has 0 bridgehead atoms. The van der Waals surface area contributed by atoms with Crippen LogP contribution in [0.5, 0.6) is 5.95 Å². The lowest BCUT2D eigenvalue weighted by Gasteiger charge is -2.25. The van der Waals surface area contributed by atoms with Crippen LogP contribution < -0.4 is 15.1 Å². The number of hydrogen-bond donors (Lipinski definition) is 1. The van der Waals surface area contributed by atoms with Crippen molar-refractivity contribution in [1.82, 2.24) is 10.2 Å². The number of benzene rings is 1. The quantitative estimate of drug-likeness (QED) is 0.314. The van der Waals surface area contributed by atoms with E-state index in [0.29, 0.717) is 35.8 Å². The van der Waals surface area contributed by atoms with Crippen LogP contribution in [0.15, 0.2) is 39.9 Å². The highest BCUT2D eigenvalue weighted by Crippen LogP contribution is 2.38. The van der Waals surface area contributed by atoms with E-state index < -0.39 is 17.8 Å². The van der Waals surface area contributed by atoms with Gasteiger partial charge in [0.2, 0.25) is 17.5 Å². The number of esters is 1. The molecule has 0 aliphatic carbocycles. The van der Waals surface area contributed by atoms with Gasteiger partial charge in [-0.2, -0.15) is 0 Å². The van der Waals surface area contributed by atoms with Crippen LogP contribution in [0.3, 0.4) is 0 Å². The predicted octanol–water partition coefficient (Wildman–Crippen LogP) is 1.51. The monoisotopic (exact) mass is 488 g/mol. The number of anilines is 1. The summed E-state index contributed by atoms with van der Waals surface area (Å²) < 4.78 is 11.0. The van der Waals surface area contributed by atoms with Gasteiger partial charge in [-0.05, 0) is 28.4 Å². The molecule has 2 amide bonds. The van der Waals surface area contributed by atoms with Crippen LogP contribution in [0.4, 0.5) is 5.00 Å². The Labute approximate surface area is 197 Å². The van der Waals surface area contributed by atoms with Crippen LogP contribution in [0, 0.1) is 0 Å². The van der Waals surface area contributed by atoms with Gasteiger partial charge in [0.15, 0.2) is 5.95 Å². The maximum absolute atomic E-state index is 12.7. The normalized spacial score (nSPS) is 12.8. The number of methoxy groups -OCH3 is 1. The summed E-state index contributed by atoms with van der Waals surface area (Å²) in [6, 6.07) is 8.94. The van der Waals surface area contributed by atoms with Gasteiger partial charge in [0.05, 0.1) is 30.2 Å². The van der Waals surface area contributed by atoms with Crippen LogP contribution in [0.2, 0.25) is 0 Å². The van der Waals surface area contributed by atoms with E-state index in [-0.39, 0.29) is 16.7 Å². The molecule has 172 valence electrons. The molecule has 0 atom stereocenters. The third-order valence-electron chi connectivity index (χ3n) is 5.06. The van der Waals surface area contributed by atoms with E-state index in [0.717, 1.165) is 22.2 Å². The first-order valence-corrected chi connectivity index (χ1v) is 11.7. The Hall–Kier alpha value is -3.38. The van der Waals surface area contributed by atoms with Gasteiger partial charge in [-0.15, -0.1) is 11.3 Å². The number of thioether (sulfide) groups is 1. The molecule has 2 aromatic heterocycles. The Morgan fingerprint density at radius 1 is 1.33 bits per heavy atom. The lowest BCUT2D eigenvalue weighted by Crippen LogP contribution is -2.35. The van der Waals surface area contributed by atoms with Crippen molar-refractivity contribution < 1.29 is 33.4 Å². The van der Waals surface area contributed by atoms with Gasteiger partial charge in [0.1, 0.15) is 5.00 Å². The number of para-hydroxylation sites is 1. The number of carbonyl (C=O) groups is 3. The van der Waals surface area contributed by atoms with Gasteiger partial charge in [-0.25, -0.2) is 4.79 Å². The molecular formula is C21H20N4O6S2. The van der Waals surface area contributed by atoms with Gasteiger partial charge < -0.3 is 24.6 Å². The van der Waals surface area contributed by atoms with Gasteiger partial charge >= 0.3 is 5.97 Å². The number of carbonyl (C=O) groups excluding carboxylic acids is 3. The maximum Gasteiger partial charge on any atom is 0.341 e. The van der Waals surface area contributed by atoms with E-state index >= 15 is 0 Å². The van der Waals surface area contributed by atoms with Crippen LogP contribution >= 0.6 is 23.1 Å². The molecule has 3 aromatic rings. The number of hydrogen-bond acceptors (Lipinski definition) is 9. The zero-order valence-corrected chi connectivity index (χ0v) is 19.5. The van der Waals surface area contributed by atoms with Crippen molar-refractivity contribution in [3.05, 3.63) is 46.3 Å². The van der Waals surface area contributed by atoms with Gasteiger partial charge in [0.25, 0.3) is 5.03 Å². The SMILES string of the molecule is COC(=O)c1c(NC(=O)CSc2c([O-])on[n+]2-c2ccccc2)sc2c1CCN(C(C)=O)C2. The second-order valence-corrected chi connectivity index (χ2v) is 9.21. The molecule has 0 spiro atoms. The zero-order chi connectivity index (χ0) is 23.5. The fourth-order valence-corrected chi connectivity index (χ4v) is 5.49. The summed E-state index contributed by atoms with van der Waals surface area (Å²) in [4.78, 5) is 39.4. The molecule has 12 heteroatoms. The largest absolute Gasteiger partial charge is 0.538 e. The zero-order valence-electron chi connectivity index (χ0n) is 17.8. The summed E-state index contributed by atoms with van der Waals surface area (Å²) in [6.07, 6.45) is 0.498. The Kier molecular flexibility index (Phi) is 6.65. The van der Waals surface area contributed by atoms with Crippen molar-refractivity contribution in [3.8, 4) is 11.6 Å². The Morgan fingerprint density at radius 3 is 2.79 bits per heavy atom. The molecule has 1 aliphatic heterocycles. The lowest BCUT2D eigenvalue weighted by molar-refractivity contribution is -0.705. The van der Waals surface area contributed by atoms with Crippen molar-refractivity contribution in [2.24, 2.45) is 0 Å². The van der Waals surface area contributed by atoms with Gasteiger partial charge in [0, 0.05) is 30.5 Å². The average Bonchev–Trinajstić information content (AvgIpc) is 3.36. The first kappa shape index (κ1) is 22.8. The summed E-state index contributed by atoms with van der Waals surface area (Å²) in [6.45, 7) is 2.36. The minimum absolute atomic E-state index is 0.0514. The molecule has 4 rings (SSSR count). The Bertz CT molecular complexity index is 1210. The minimum atomic E-state index is -0.650. The highest BCUT2D eigenvalue weighted by atomic mass is 32.2. The van der Waals surface area contributed by atoms with E-state index in [1.54, 1.807) is 29.2 Å². The van der Waals surface area contributed by atoms with E-state index in [2.05, 4.69) is 10.6 Å². The van der Waals surface area contributed by atoms with Crippen LogP contribution in [0.25, 0.3) is 5.69 Å². The van der Waals surface area contributed by atoms with Gasteiger partial charge in [-0.3, -0.25) is 9.59 Å². The molecule has 1 aliphatic rings. The third kappa shape index (κ3) is 4.71. The molecule has 33 heavy (non-hydrogen) atoms. The van der Waals surface area contributed by atoms with E-state index in [1.165, 1.54) is 30.1 Å². The van der Waals surface area contributed by atoms with Crippen LogP contribution in [-0.4, -0.2) is 47.4 Å². The van der Waals surface area contributed by atoms with E-state index in [4.69, 9.17) is 9.26 Å². The first-order chi connectivity index (χ1) is 15.9. The first-order valence-electron chi connectivity index (χ1n) is 9.94. The van der Waals surface area contributed by atoms with Crippen molar-refractivity contribution in [1.29, 1.82) is 0 Å². The molecule has 1 N–H and O–H groups in total. The molecule has 0 radical (unpaired) electrons. The van der Waals surface area contributed by atoms with Gasteiger partial charge in [-0.1, -0.05) is 18.2 Å². The molecular weight excluding hydrogens is 468 g/mol. The highest BCUT2D eigenvalue weighted by Gasteiger charge is 2.30. The second-order valence-electron chi connectivity index (χ2n) is 7.14. The predicted molar refractivity (Wildman–Crippen MR) is 117 cm³/mol. The number of amides is 2. The number of ether oxygens (including phenoxy) is 1. The number of thiophene rings is 1. The molecule has 0 saturated heterocycles. The smallest absolute Gasteiger partial charge is 0.341 e. The fourth-order valence-electron chi connectivity index (χ4n) is 3.47. The molecule has 10 nitrogen and oxygen atoms in total.